The van der Waals surface area contributed by atoms with Crippen molar-refractivity contribution in [3.63, 3.8) is 0 Å². The van der Waals surface area contributed by atoms with E-state index >= 15 is 0 Å². The lowest BCUT2D eigenvalue weighted by Crippen LogP contribution is -2.48. The zero-order valence-electron chi connectivity index (χ0n) is 19.6. The summed E-state index contributed by atoms with van der Waals surface area (Å²) in [5, 5.41) is 0. The molecule has 0 spiro atoms. The summed E-state index contributed by atoms with van der Waals surface area (Å²) in [7, 11) is 1.57. The number of piperazine rings is 1. The van der Waals surface area contributed by atoms with Crippen molar-refractivity contribution in [2.75, 3.05) is 38.2 Å². The van der Waals surface area contributed by atoms with E-state index in [0.717, 1.165) is 29.0 Å². The quantitative estimate of drug-likeness (QED) is 0.459. The van der Waals surface area contributed by atoms with Crippen LogP contribution in [0, 0.1) is 6.92 Å². The van der Waals surface area contributed by atoms with E-state index in [1.807, 2.05) is 36.1 Å². The van der Waals surface area contributed by atoms with Crippen LogP contribution < -0.4 is 14.4 Å². The number of rotatable bonds is 6. The number of alkyl halides is 3. The number of anilines is 1. The van der Waals surface area contributed by atoms with Crippen LogP contribution in [0.2, 0.25) is 0 Å². The highest BCUT2D eigenvalue weighted by atomic mass is 19.4. The molecule has 1 heterocycles. The topological polar surface area (TPSA) is 42.0 Å². The van der Waals surface area contributed by atoms with Crippen LogP contribution in [0.25, 0.3) is 0 Å². The first-order valence-electron chi connectivity index (χ1n) is 11.3. The predicted molar refractivity (Wildman–Crippen MR) is 128 cm³/mol. The molecule has 0 aliphatic carbocycles. The van der Waals surface area contributed by atoms with Crippen molar-refractivity contribution in [2.24, 2.45) is 0 Å². The van der Waals surface area contributed by atoms with Crippen molar-refractivity contribution in [3.05, 3.63) is 89.0 Å². The number of ether oxygens (including phenoxy) is 2. The minimum Gasteiger partial charge on any atom is -0.496 e. The first kappa shape index (κ1) is 24.4. The van der Waals surface area contributed by atoms with Gasteiger partial charge in [0.05, 0.1) is 12.7 Å². The van der Waals surface area contributed by atoms with Gasteiger partial charge in [-0.3, -0.25) is 4.79 Å². The molecule has 3 aromatic carbocycles. The van der Waals surface area contributed by atoms with Crippen molar-refractivity contribution in [1.29, 1.82) is 0 Å². The zero-order valence-corrected chi connectivity index (χ0v) is 19.6. The second-order valence-corrected chi connectivity index (χ2v) is 8.46. The summed E-state index contributed by atoms with van der Waals surface area (Å²) in [5.74, 6) is 1.23. The molecule has 35 heavy (non-hydrogen) atoms. The van der Waals surface area contributed by atoms with Gasteiger partial charge in [-0.05, 0) is 61.0 Å². The number of carbonyl (C=O) groups is 1. The van der Waals surface area contributed by atoms with Gasteiger partial charge in [0.25, 0.3) is 5.91 Å². The number of methoxy groups -OCH3 is 1. The van der Waals surface area contributed by atoms with Gasteiger partial charge in [-0.25, -0.2) is 0 Å². The van der Waals surface area contributed by atoms with Crippen molar-refractivity contribution in [2.45, 2.75) is 19.7 Å². The Labute approximate surface area is 202 Å². The summed E-state index contributed by atoms with van der Waals surface area (Å²) in [5.41, 5.74) is 2.19. The molecule has 0 unspecified atom stereocenters. The van der Waals surface area contributed by atoms with E-state index in [1.54, 1.807) is 36.3 Å². The van der Waals surface area contributed by atoms with E-state index in [9.17, 15) is 18.0 Å². The molecular formula is C27H27F3N2O3. The molecule has 3 aromatic rings. The number of hydrogen-bond donors (Lipinski definition) is 0. The second-order valence-electron chi connectivity index (χ2n) is 8.46. The first-order valence-corrected chi connectivity index (χ1v) is 11.3. The summed E-state index contributed by atoms with van der Waals surface area (Å²) in [6, 6.07) is 18.2. The molecular weight excluding hydrogens is 457 g/mol. The highest BCUT2D eigenvalue weighted by Crippen LogP contribution is 2.32. The molecule has 0 radical (unpaired) electrons. The van der Waals surface area contributed by atoms with E-state index in [1.165, 1.54) is 6.07 Å². The number of aryl methyl sites for hydroxylation is 1. The fraction of sp³-hybridized carbons (Fsp3) is 0.296. The maximum absolute atomic E-state index is 13.2. The van der Waals surface area contributed by atoms with Gasteiger partial charge in [0.15, 0.2) is 0 Å². The molecule has 4 rings (SSSR count). The maximum atomic E-state index is 13.2. The standard InChI is InChI=1S/C27H27F3N2O3/c1-19-5-3-8-24(15-19)35-18-21-16-20(9-10-25(21)34-2)26(33)32-13-11-31(12-14-32)23-7-4-6-22(17-23)27(28,29)30/h3-10,15-17H,11-14,18H2,1-2H3. The molecule has 0 atom stereocenters. The zero-order chi connectivity index (χ0) is 25.0. The normalized spacial score (nSPS) is 14.1. The second kappa shape index (κ2) is 10.3. The van der Waals surface area contributed by atoms with Crippen LogP contribution >= 0.6 is 0 Å². The maximum Gasteiger partial charge on any atom is 0.416 e. The Morgan fingerprint density at radius 1 is 0.943 bits per heavy atom. The van der Waals surface area contributed by atoms with Crippen LogP contribution in [0.5, 0.6) is 11.5 Å². The molecule has 0 N–H and O–H groups in total. The Hall–Kier alpha value is -3.68. The van der Waals surface area contributed by atoms with Gasteiger partial charge in [-0.15, -0.1) is 0 Å². The number of amides is 1. The Kier molecular flexibility index (Phi) is 7.19. The monoisotopic (exact) mass is 484 g/mol. The van der Waals surface area contributed by atoms with Crippen LogP contribution in [0.3, 0.4) is 0 Å². The van der Waals surface area contributed by atoms with E-state index in [4.69, 9.17) is 9.47 Å². The van der Waals surface area contributed by atoms with Gasteiger partial charge in [-0.2, -0.15) is 13.2 Å². The van der Waals surface area contributed by atoms with Crippen LogP contribution in [0.4, 0.5) is 18.9 Å². The summed E-state index contributed by atoms with van der Waals surface area (Å²) in [4.78, 5) is 16.8. The summed E-state index contributed by atoms with van der Waals surface area (Å²) < 4.78 is 50.5. The van der Waals surface area contributed by atoms with Crippen molar-refractivity contribution < 1.29 is 27.4 Å². The molecule has 1 saturated heterocycles. The van der Waals surface area contributed by atoms with Crippen molar-refractivity contribution in [1.82, 2.24) is 4.90 Å². The van der Waals surface area contributed by atoms with Crippen molar-refractivity contribution in [3.8, 4) is 11.5 Å². The largest absolute Gasteiger partial charge is 0.496 e. The molecule has 184 valence electrons. The Bertz CT molecular complexity index is 1190. The molecule has 1 aliphatic heterocycles. The van der Waals surface area contributed by atoms with E-state index < -0.39 is 11.7 Å². The Morgan fingerprint density at radius 3 is 2.37 bits per heavy atom. The molecule has 5 nitrogen and oxygen atoms in total. The van der Waals surface area contributed by atoms with Gasteiger partial charge in [-0.1, -0.05) is 18.2 Å². The third-order valence-corrected chi connectivity index (χ3v) is 6.02. The van der Waals surface area contributed by atoms with Gasteiger partial charge < -0.3 is 19.3 Å². The van der Waals surface area contributed by atoms with Crippen LogP contribution in [-0.2, 0) is 12.8 Å². The van der Waals surface area contributed by atoms with Gasteiger partial charge in [0.2, 0.25) is 0 Å². The SMILES string of the molecule is COc1ccc(C(=O)N2CCN(c3cccc(C(F)(F)F)c3)CC2)cc1COc1cccc(C)c1. The Morgan fingerprint density at radius 2 is 1.69 bits per heavy atom. The van der Waals surface area contributed by atoms with Crippen LogP contribution in [-0.4, -0.2) is 44.1 Å². The van der Waals surface area contributed by atoms with Crippen LogP contribution in [0.15, 0.2) is 66.7 Å². The molecule has 0 aromatic heterocycles. The number of hydrogen-bond acceptors (Lipinski definition) is 4. The highest BCUT2D eigenvalue weighted by molar-refractivity contribution is 5.94. The number of nitrogens with zero attached hydrogens (tertiary/aromatic N) is 2. The lowest BCUT2D eigenvalue weighted by molar-refractivity contribution is -0.137. The van der Waals surface area contributed by atoms with Gasteiger partial charge in [0, 0.05) is 43.0 Å². The molecule has 1 aliphatic rings. The first-order chi connectivity index (χ1) is 16.7. The minimum absolute atomic E-state index is 0.131. The average Bonchev–Trinajstić information content (AvgIpc) is 2.86. The highest BCUT2D eigenvalue weighted by Gasteiger charge is 2.31. The fourth-order valence-electron chi connectivity index (χ4n) is 4.12. The number of carbonyl (C=O) groups excluding carboxylic acids is 1. The van der Waals surface area contributed by atoms with Gasteiger partial charge in [0.1, 0.15) is 18.1 Å². The molecule has 1 amide bonds. The number of benzene rings is 3. The predicted octanol–water partition coefficient (Wildman–Crippen LogP) is 5.56. The van der Waals surface area contributed by atoms with Crippen LogP contribution in [0.1, 0.15) is 27.0 Å². The third-order valence-electron chi connectivity index (χ3n) is 6.02. The van der Waals surface area contributed by atoms with Gasteiger partial charge >= 0.3 is 6.18 Å². The molecule has 1 fully saturated rings. The third kappa shape index (κ3) is 5.88. The molecule has 8 heteroatoms. The van der Waals surface area contributed by atoms with E-state index in [0.29, 0.717) is 43.2 Å². The smallest absolute Gasteiger partial charge is 0.416 e. The van der Waals surface area contributed by atoms with E-state index in [2.05, 4.69) is 0 Å². The lowest BCUT2D eigenvalue weighted by Gasteiger charge is -2.36. The fourth-order valence-corrected chi connectivity index (χ4v) is 4.12. The van der Waals surface area contributed by atoms with Crippen molar-refractivity contribution >= 4 is 11.6 Å². The molecule has 0 saturated carbocycles. The summed E-state index contributed by atoms with van der Waals surface area (Å²) in [6.45, 7) is 3.96. The number of halogens is 3. The molecule has 0 bridgehead atoms. The summed E-state index contributed by atoms with van der Waals surface area (Å²) in [6.07, 6.45) is -4.39. The lowest BCUT2D eigenvalue weighted by atomic mass is 10.1. The Balaban J connectivity index is 1.42. The minimum atomic E-state index is -4.39. The average molecular weight is 485 g/mol. The van der Waals surface area contributed by atoms with E-state index in [-0.39, 0.29) is 12.5 Å². The summed E-state index contributed by atoms with van der Waals surface area (Å²) >= 11 is 0.